The number of rotatable bonds is 3. The summed E-state index contributed by atoms with van der Waals surface area (Å²) in [5.41, 5.74) is 2.39. The van der Waals surface area contributed by atoms with E-state index >= 15 is 0 Å². The first kappa shape index (κ1) is 15.6. The molecule has 2 aliphatic heterocycles. The van der Waals surface area contributed by atoms with Crippen LogP contribution in [0.2, 0.25) is 0 Å². The molecule has 0 unspecified atom stereocenters. The molecule has 0 aliphatic carbocycles. The molecule has 6 heteroatoms. The first-order valence-corrected chi connectivity index (χ1v) is 8.71. The number of aromatic nitrogens is 3. The van der Waals surface area contributed by atoms with Crippen molar-refractivity contribution in [2.24, 2.45) is 7.05 Å². The molecule has 2 saturated heterocycles. The molecule has 0 radical (unpaired) electrons. The maximum atomic E-state index is 6.31. The summed E-state index contributed by atoms with van der Waals surface area (Å²) in [6.45, 7) is 5.74. The monoisotopic (exact) mass is 327 g/mol. The fourth-order valence-electron chi connectivity index (χ4n) is 3.93. The molecule has 0 saturated carbocycles. The lowest BCUT2D eigenvalue weighted by molar-refractivity contribution is -0.116. The molecule has 0 aromatic carbocycles. The molecule has 6 nitrogen and oxygen atoms in total. The van der Waals surface area contributed by atoms with Crippen molar-refractivity contribution in [2.75, 3.05) is 37.7 Å². The van der Waals surface area contributed by atoms with E-state index in [1.165, 1.54) is 11.4 Å². The van der Waals surface area contributed by atoms with Gasteiger partial charge in [0.2, 0.25) is 0 Å². The van der Waals surface area contributed by atoms with E-state index in [2.05, 4.69) is 37.4 Å². The van der Waals surface area contributed by atoms with Crippen LogP contribution in [0.15, 0.2) is 37.1 Å². The van der Waals surface area contributed by atoms with Gasteiger partial charge in [-0.3, -0.25) is 9.88 Å². The highest BCUT2D eigenvalue weighted by atomic mass is 16.5. The minimum Gasteiger partial charge on any atom is -0.370 e. The van der Waals surface area contributed by atoms with Crippen LogP contribution in [0.25, 0.3) is 0 Å². The molecule has 1 atom stereocenters. The number of anilines is 1. The lowest BCUT2D eigenvalue weighted by Gasteiger charge is -2.48. The number of hydrogen-bond donors (Lipinski definition) is 0. The third-order valence-corrected chi connectivity index (χ3v) is 5.18. The van der Waals surface area contributed by atoms with Gasteiger partial charge in [0.05, 0.1) is 36.1 Å². The van der Waals surface area contributed by atoms with Crippen LogP contribution in [0.1, 0.15) is 18.5 Å². The van der Waals surface area contributed by atoms with Crippen LogP contribution < -0.4 is 4.90 Å². The Hall–Kier alpha value is -1.92. The highest BCUT2D eigenvalue weighted by molar-refractivity contribution is 5.44. The minimum absolute atomic E-state index is 0.0645. The molecule has 2 aromatic heterocycles. The van der Waals surface area contributed by atoms with Gasteiger partial charge >= 0.3 is 0 Å². The van der Waals surface area contributed by atoms with E-state index in [-0.39, 0.29) is 5.60 Å². The molecule has 2 aliphatic rings. The van der Waals surface area contributed by atoms with E-state index in [1.54, 1.807) is 0 Å². The van der Waals surface area contributed by atoms with Crippen molar-refractivity contribution in [3.8, 4) is 0 Å². The number of aryl methyl sites for hydroxylation is 1. The second-order valence-corrected chi connectivity index (χ2v) is 6.97. The largest absolute Gasteiger partial charge is 0.370 e. The Labute approximate surface area is 143 Å². The van der Waals surface area contributed by atoms with Crippen molar-refractivity contribution in [3.63, 3.8) is 0 Å². The number of hydrogen-bond acceptors (Lipinski definition) is 5. The molecule has 4 heterocycles. The van der Waals surface area contributed by atoms with Gasteiger partial charge in [-0.2, -0.15) is 0 Å². The normalized spacial score (nSPS) is 25.3. The SMILES string of the molecule is Cn1cncc1CN1CCO[C@]2(CCCN(c3cccnc3)C2)C1. The Morgan fingerprint density at radius 2 is 2.17 bits per heavy atom. The summed E-state index contributed by atoms with van der Waals surface area (Å²) in [5, 5.41) is 0. The van der Waals surface area contributed by atoms with Gasteiger partial charge < -0.3 is 14.2 Å². The summed E-state index contributed by atoms with van der Waals surface area (Å²) >= 11 is 0. The van der Waals surface area contributed by atoms with Crippen LogP contribution in [0.4, 0.5) is 5.69 Å². The smallest absolute Gasteiger partial charge is 0.0983 e. The van der Waals surface area contributed by atoms with Gasteiger partial charge in [-0.05, 0) is 25.0 Å². The highest BCUT2D eigenvalue weighted by Gasteiger charge is 2.40. The topological polar surface area (TPSA) is 46.4 Å². The Kier molecular flexibility index (Phi) is 4.24. The van der Waals surface area contributed by atoms with Gasteiger partial charge in [0.25, 0.3) is 0 Å². The molecule has 2 aromatic rings. The lowest BCUT2D eigenvalue weighted by atomic mass is 9.90. The molecule has 1 spiro atoms. The molecule has 0 N–H and O–H groups in total. The van der Waals surface area contributed by atoms with Crippen LogP contribution in [0.3, 0.4) is 0 Å². The second-order valence-electron chi connectivity index (χ2n) is 6.97. The Balaban J connectivity index is 1.46. The van der Waals surface area contributed by atoms with Crippen molar-refractivity contribution in [3.05, 3.63) is 42.7 Å². The van der Waals surface area contributed by atoms with Crippen LogP contribution in [0, 0.1) is 0 Å². The van der Waals surface area contributed by atoms with Crippen molar-refractivity contribution in [2.45, 2.75) is 25.0 Å². The molecule has 2 fully saturated rings. The van der Waals surface area contributed by atoms with E-state index in [0.29, 0.717) is 0 Å². The number of imidazole rings is 1. The number of pyridine rings is 1. The van der Waals surface area contributed by atoms with E-state index in [9.17, 15) is 0 Å². The van der Waals surface area contributed by atoms with E-state index in [4.69, 9.17) is 4.74 Å². The number of piperidine rings is 1. The summed E-state index contributed by atoms with van der Waals surface area (Å²) in [5.74, 6) is 0. The summed E-state index contributed by atoms with van der Waals surface area (Å²) in [4.78, 5) is 13.4. The fraction of sp³-hybridized carbons (Fsp3) is 0.556. The quantitative estimate of drug-likeness (QED) is 0.858. The molecular weight excluding hydrogens is 302 g/mol. The standard InChI is InChI=1S/C18H25N5O/c1-21-15-20-11-17(21)12-22-8-9-24-18(13-22)5-3-7-23(14-18)16-4-2-6-19-10-16/h2,4,6,10-11,15H,3,5,7-9,12-14H2,1H3/t18-/m1/s1. The minimum atomic E-state index is -0.0645. The first-order chi connectivity index (χ1) is 11.7. The van der Waals surface area contributed by atoms with Crippen molar-refractivity contribution >= 4 is 5.69 Å². The Morgan fingerprint density at radius 3 is 2.96 bits per heavy atom. The molecule has 24 heavy (non-hydrogen) atoms. The van der Waals surface area contributed by atoms with Gasteiger partial charge in [0, 0.05) is 52.2 Å². The average molecular weight is 327 g/mol. The average Bonchev–Trinajstić information content (AvgIpc) is 3.01. The molecule has 4 rings (SSSR count). The summed E-state index contributed by atoms with van der Waals surface area (Å²) in [6, 6.07) is 4.15. The second kappa shape index (κ2) is 6.53. The zero-order chi connectivity index (χ0) is 16.4. The van der Waals surface area contributed by atoms with E-state index < -0.39 is 0 Å². The van der Waals surface area contributed by atoms with Gasteiger partial charge in [-0.25, -0.2) is 4.98 Å². The van der Waals surface area contributed by atoms with E-state index in [0.717, 1.165) is 52.2 Å². The summed E-state index contributed by atoms with van der Waals surface area (Å²) in [6.07, 6.45) is 9.91. The Bertz CT molecular complexity index is 669. The van der Waals surface area contributed by atoms with Crippen LogP contribution in [-0.4, -0.2) is 57.8 Å². The molecular formula is C18H25N5O. The van der Waals surface area contributed by atoms with Crippen LogP contribution in [0.5, 0.6) is 0 Å². The van der Waals surface area contributed by atoms with Crippen LogP contribution in [-0.2, 0) is 18.3 Å². The third kappa shape index (κ3) is 3.16. The summed E-state index contributed by atoms with van der Waals surface area (Å²) in [7, 11) is 2.06. The van der Waals surface area contributed by atoms with Crippen molar-refractivity contribution in [1.82, 2.24) is 19.4 Å². The molecule has 128 valence electrons. The highest BCUT2D eigenvalue weighted by Crippen LogP contribution is 2.31. The van der Waals surface area contributed by atoms with Gasteiger partial charge in [-0.1, -0.05) is 0 Å². The maximum absolute atomic E-state index is 6.31. The Morgan fingerprint density at radius 1 is 1.21 bits per heavy atom. The van der Waals surface area contributed by atoms with E-state index in [1.807, 2.05) is 31.0 Å². The third-order valence-electron chi connectivity index (χ3n) is 5.18. The van der Waals surface area contributed by atoms with Gasteiger partial charge in [-0.15, -0.1) is 0 Å². The predicted octanol–water partition coefficient (Wildman–Crippen LogP) is 1.69. The zero-order valence-corrected chi connectivity index (χ0v) is 14.3. The molecule has 0 amide bonds. The summed E-state index contributed by atoms with van der Waals surface area (Å²) < 4.78 is 8.41. The fourth-order valence-corrected chi connectivity index (χ4v) is 3.93. The number of ether oxygens (including phenoxy) is 1. The zero-order valence-electron chi connectivity index (χ0n) is 14.3. The predicted molar refractivity (Wildman–Crippen MR) is 92.9 cm³/mol. The van der Waals surface area contributed by atoms with Crippen LogP contribution >= 0.6 is 0 Å². The lowest BCUT2D eigenvalue weighted by Crippen LogP contribution is -2.59. The maximum Gasteiger partial charge on any atom is 0.0983 e. The first-order valence-electron chi connectivity index (χ1n) is 8.71. The van der Waals surface area contributed by atoms with Crippen molar-refractivity contribution in [1.29, 1.82) is 0 Å². The number of nitrogens with zero attached hydrogens (tertiary/aromatic N) is 5. The number of morpholine rings is 1. The van der Waals surface area contributed by atoms with Crippen molar-refractivity contribution < 1.29 is 4.74 Å². The molecule has 0 bridgehead atoms. The van der Waals surface area contributed by atoms with Gasteiger partial charge in [0.1, 0.15) is 0 Å². The van der Waals surface area contributed by atoms with Gasteiger partial charge in [0.15, 0.2) is 0 Å².